The molecule has 3 rings (SSSR count). The highest BCUT2D eigenvalue weighted by molar-refractivity contribution is 7.71. The molecule has 1 fully saturated rings. The van der Waals surface area contributed by atoms with Crippen molar-refractivity contribution in [3.8, 4) is 0 Å². The van der Waals surface area contributed by atoms with Crippen LogP contribution in [0.3, 0.4) is 0 Å². The van der Waals surface area contributed by atoms with Crippen LogP contribution in [0.4, 0.5) is 5.69 Å². The van der Waals surface area contributed by atoms with Crippen LogP contribution < -0.4 is 4.90 Å². The van der Waals surface area contributed by atoms with Crippen molar-refractivity contribution in [1.82, 2.24) is 19.2 Å². The van der Waals surface area contributed by atoms with Crippen LogP contribution in [0, 0.1) is 4.77 Å². The zero-order valence-corrected chi connectivity index (χ0v) is 16.6. The molecule has 7 heteroatoms. The molecule has 0 saturated carbocycles. The Morgan fingerprint density at radius 2 is 1.88 bits per heavy atom. The van der Waals surface area contributed by atoms with Gasteiger partial charge in [-0.1, -0.05) is 12.1 Å². The highest BCUT2D eigenvalue weighted by atomic mass is 32.1. The van der Waals surface area contributed by atoms with E-state index >= 15 is 0 Å². The maximum atomic E-state index is 5.49. The summed E-state index contributed by atoms with van der Waals surface area (Å²) in [7, 11) is 3.78. The summed E-state index contributed by atoms with van der Waals surface area (Å²) in [6, 6.07) is 8.97. The van der Waals surface area contributed by atoms with Gasteiger partial charge < -0.3 is 14.2 Å². The van der Waals surface area contributed by atoms with Crippen molar-refractivity contribution in [3.63, 3.8) is 0 Å². The minimum absolute atomic E-state index is 0.638. The summed E-state index contributed by atoms with van der Waals surface area (Å²) in [6.45, 7) is 5.28. The standard InChI is InChI=1S/C19H29N5OS/c1-21(16-24-19(26)23(15-20-24)12-13-25-2)14-17-6-8-18(9-7-17)22-10-4-3-5-11-22/h6-9,15H,3-5,10-14,16H2,1-2H3. The van der Waals surface area contributed by atoms with Crippen LogP contribution in [-0.4, -0.2) is 53.1 Å². The van der Waals surface area contributed by atoms with Gasteiger partial charge in [0.2, 0.25) is 0 Å². The van der Waals surface area contributed by atoms with Crippen LogP contribution in [-0.2, 0) is 24.5 Å². The molecule has 0 amide bonds. The van der Waals surface area contributed by atoms with Crippen molar-refractivity contribution in [3.05, 3.63) is 40.9 Å². The first-order valence-electron chi connectivity index (χ1n) is 9.31. The lowest BCUT2D eigenvalue weighted by atomic mass is 10.1. The Kier molecular flexibility index (Phi) is 6.82. The van der Waals surface area contributed by atoms with Gasteiger partial charge in [-0.2, -0.15) is 5.10 Å². The zero-order chi connectivity index (χ0) is 18.4. The summed E-state index contributed by atoms with van der Waals surface area (Å²) in [5, 5.41) is 4.40. The molecule has 142 valence electrons. The maximum Gasteiger partial charge on any atom is 0.198 e. The Labute approximate surface area is 161 Å². The molecule has 0 bridgehead atoms. The molecule has 2 aromatic rings. The third-order valence-electron chi connectivity index (χ3n) is 4.82. The van der Waals surface area contributed by atoms with Crippen molar-refractivity contribution in [1.29, 1.82) is 0 Å². The second kappa shape index (κ2) is 9.30. The fourth-order valence-corrected chi connectivity index (χ4v) is 3.61. The molecule has 6 nitrogen and oxygen atoms in total. The van der Waals surface area contributed by atoms with Gasteiger partial charge in [0, 0.05) is 39.0 Å². The molecular formula is C19H29N5OS. The lowest BCUT2D eigenvalue weighted by Gasteiger charge is -2.29. The fraction of sp³-hybridized carbons (Fsp3) is 0.579. The molecule has 0 spiro atoms. The van der Waals surface area contributed by atoms with Gasteiger partial charge in [-0.15, -0.1) is 0 Å². The molecule has 0 atom stereocenters. The smallest absolute Gasteiger partial charge is 0.198 e. The van der Waals surface area contributed by atoms with Gasteiger partial charge in [0.15, 0.2) is 4.77 Å². The Bertz CT molecular complexity index is 733. The Balaban J connectivity index is 1.55. The van der Waals surface area contributed by atoms with E-state index in [0.29, 0.717) is 13.3 Å². The number of anilines is 1. The first-order chi connectivity index (χ1) is 12.7. The number of rotatable bonds is 8. The van der Waals surface area contributed by atoms with Gasteiger partial charge in [0.1, 0.15) is 6.33 Å². The molecule has 2 heterocycles. The SMILES string of the molecule is COCCn1cnn(CN(C)Cc2ccc(N3CCCCC3)cc2)c1=S. The summed E-state index contributed by atoms with van der Waals surface area (Å²) in [5.41, 5.74) is 2.65. The van der Waals surface area contributed by atoms with Crippen molar-refractivity contribution in [2.45, 2.75) is 39.0 Å². The minimum atomic E-state index is 0.638. The molecule has 0 radical (unpaired) electrons. The number of benzene rings is 1. The van der Waals surface area contributed by atoms with Gasteiger partial charge in [-0.05, 0) is 56.2 Å². The Hall–Kier alpha value is -1.70. The molecule has 0 N–H and O–H groups in total. The maximum absolute atomic E-state index is 5.49. The van der Waals surface area contributed by atoms with Gasteiger partial charge in [0.25, 0.3) is 0 Å². The lowest BCUT2D eigenvalue weighted by Crippen LogP contribution is -2.29. The van der Waals surface area contributed by atoms with Crippen LogP contribution in [0.15, 0.2) is 30.6 Å². The van der Waals surface area contributed by atoms with E-state index in [1.807, 2.05) is 9.25 Å². The van der Waals surface area contributed by atoms with Crippen LogP contribution in [0.2, 0.25) is 0 Å². The quantitative estimate of drug-likeness (QED) is 0.663. The minimum Gasteiger partial charge on any atom is -0.383 e. The van der Waals surface area contributed by atoms with Gasteiger partial charge >= 0.3 is 0 Å². The Morgan fingerprint density at radius 1 is 1.15 bits per heavy atom. The first kappa shape index (κ1) is 19.1. The number of nitrogens with zero attached hydrogens (tertiary/aromatic N) is 5. The number of hydrogen-bond acceptors (Lipinski definition) is 5. The molecule has 0 unspecified atom stereocenters. The van der Waals surface area contributed by atoms with E-state index in [1.54, 1.807) is 13.4 Å². The van der Waals surface area contributed by atoms with Crippen molar-refractivity contribution >= 4 is 17.9 Å². The number of aromatic nitrogens is 3. The summed E-state index contributed by atoms with van der Waals surface area (Å²) in [4.78, 5) is 4.71. The van der Waals surface area contributed by atoms with Crippen LogP contribution >= 0.6 is 12.2 Å². The largest absolute Gasteiger partial charge is 0.383 e. The monoisotopic (exact) mass is 375 g/mol. The van der Waals surface area contributed by atoms with E-state index in [9.17, 15) is 0 Å². The van der Waals surface area contributed by atoms with E-state index in [4.69, 9.17) is 17.0 Å². The lowest BCUT2D eigenvalue weighted by molar-refractivity contribution is 0.186. The van der Waals surface area contributed by atoms with Crippen molar-refractivity contribution in [2.75, 3.05) is 38.8 Å². The number of hydrogen-bond donors (Lipinski definition) is 0. The molecule has 1 aromatic carbocycles. The normalized spacial score (nSPS) is 15.0. The van der Waals surface area contributed by atoms with Crippen molar-refractivity contribution in [2.24, 2.45) is 0 Å². The molecule has 1 aliphatic rings. The van der Waals surface area contributed by atoms with Crippen LogP contribution in [0.5, 0.6) is 0 Å². The van der Waals surface area contributed by atoms with Gasteiger partial charge in [0.05, 0.1) is 13.3 Å². The van der Waals surface area contributed by atoms with E-state index < -0.39 is 0 Å². The summed E-state index contributed by atoms with van der Waals surface area (Å²) < 4.78 is 9.64. The summed E-state index contributed by atoms with van der Waals surface area (Å²) in [5.74, 6) is 0. The van der Waals surface area contributed by atoms with E-state index in [0.717, 1.165) is 17.9 Å². The van der Waals surface area contributed by atoms with E-state index in [-0.39, 0.29) is 0 Å². The number of methoxy groups -OCH3 is 1. The first-order valence-corrected chi connectivity index (χ1v) is 9.72. The molecule has 1 aromatic heterocycles. The van der Waals surface area contributed by atoms with E-state index in [1.165, 1.54) is 43.6 Å². The number of ether oxygens (including phenoxy) is 1. The Morgan fingerprint density at radius 3 is 2.58 bits per heavy atom. The average Bonchev–Trinajstić information content (AvgIpc) is 3.01. The van der Waals surface area contributed by atoms with Gasteiger partial charge in [-0.25, -0.2) is 4.68 Å². The molecule has 1 saturated heterocycles. The average molecular weight is 376 g/mol. The molecule has 1 aliphatic heterocycles. The van der Waals surface area contributed by atoms with Gasteiger partial charge in [-0.3, -0.25) is 4.90 Å². The van der Waals surface area contributed by atoms with Crippen molar-refractivity contribution < 1.29 is 4.74 Å². The van der Waals surface area contributed by atoms with Crippen LogP contribution in [0.1, 0.15) is 24.8 Å². The van der Waals surface area contributed by atoms with Crippen LogP contribution in [0.25, 0.3) is 0 Å². The topological polar surface area (TPSA) is 38.5 Å². The highest BCUT2D eigenvalue weighted by Crippen LogP contribution is 2.20. The third kappa shape index (κ3) is 4.93. The molecular weight excluding hydrogens is 346 g/mol. The molecule has 26 heavy (non-hydrogen) atoms. The predicted molar refractivity (Wildman–Crippen MR) is 107 cm³/mol. The predicted octanol–water partition coefficient (Wildman–Crippen LogP) is 3.14. The molecule has 0 aliphatic carbocycles. The zero-order valence-electron chi connectivity index (χ0n) is 15.8. The highest BCUT2D eigenvalue weighted by Gasteiger charge is 2.11. The summed E-state index contributed by atoms with van der Waals surface area (Å²) in [6.07, 6.45) is 5.76. The van der Waals surface area contributed by atoms with E-state index in [2.05, 4.69) is 46.2 Å². The third-order valence-corrected chi connectivity index (χ3v) is 5.26. The summed E-state index contributed by atoms with van der Waals surface area (Å²) >= 11 is 5.49. The number of piperidine rings is 1. The second-order valence-corrected chi connectivity index (χ2v) is 7.33. The second-order valence-electron chi connectivity index (χ2n) is 6.97. The fourth-order valence-electron chi connectivity index (χ4n) is 3.37.